The first-order valence-corrected chi connectivity index (χ1v) is 11.4. The third-order valence-electron chi connectivity index (χ3n) is 6.73. The molecule has 35 heavy (non-hydrogen) atoms. The molecular weight excluding hydrogens is 459 g/mol. The van der Waals surface area contributed by atoms with Gasteiger partial charge in [0.25, 0.3) is 5.91 Å². The van der Waals surface area contributed by atoms with Crippen LogP contribution >= 0.6 is 0 Å². The van der Waals surface area contributed by atoms with Crippen molar-refractivity contribution in [2.24, 2.45) is 5.92 Å². The molecule has 1 N–H and O–H groups in total. The summed E-state index contributed by atoms with van der Waals surface area (Å²) in [6, 6.07) is 9.14. The molecule has 7 nitrogen and oxygen atoms in total. The number of anilines is 1. The van der Waals surface area contributed by atoms with E-state index in [-0.39, 0.29) is 23.9 Å². The maximum absolute atomic E-state index is 13.9. The number of pyridine rings is 1. The molecule has 1 aliphatic carbocycles. The molecule has 2 saturated heterocycles. The third kappa shape index (κ3) is 4.52. The van der Waals surface area contributed by atoms with Crippen LogP contribution in [0.4, 0.5) is 19.0 Å². The number of ether oxygens (including phenoxy) is 1. The van der Waals surface area contributed by atoms with Gasteiger partial charge >= 0.3 is 6.18 Å². The summed E-state index contributed by atoms with van der Waals surface area (Å²) in [5.41, 5.74) is 0.197. The number of halogens is 3. The van der Waals surface area contributed by atoms with Crippen LogP contribution in [0.2, 0.25) is 0 Å². The Morgan fingerprint density at radius 3 is 2.54 bits per heavy atom. The van der Waals surface area contributed by atoms with Gasteiger partial charge in [-0.05, 0) is 49.4 Å². The lowest BCUT2D eigenvalue weighted by molar-refractivity contribution is -0.137. The van der Waals surface area contributed by atoms with Crippen LogP contribution < -0.4 is 10.1 Å². The molecule has 0 radical (unpaired) electrons. The van der Waals surface area contributed by atoms with Gasteiger partial charge in [-0.3, -0.25) is 4.79 Å². The molecule has 182 valence electrons. The molecule has 3 aliphatic rings. The van der Waals surface area contributed by atoms with E-state index in [2.05, 4.69) is 20.3 Å². The third-order valence-corrected chi connectivity index (χ3v) is 6.73. The second-order valence-electron chi connectivity index (χ2n) is 8.84. The lowest BCUT2D eigenvalue weighted by atomic mass is 9.76. The number of alkyl halides is 3. The van der Waals surface area contributed by atoms with Gasteiger partial charge in [0.05, 0.1) is 24.3 Å². The van der Waals surface area contributed by atoms with Crippen LogP contribution in [0.3, 0.4) is 0 Å². The first-order chi connectivity index (χ1) is 16.8. The summed E-state index contributed by atoms with van der Waals surface area (Å²) < 4.78 is 44.2. The molecular formula is C25H24F3N5O2. The van der Waals surface area contributed by atoms with E-state index >= 15 is 0 Å². The highest BCUT2D eigenvalue weighted by Crippen LogP contribution is 2.40. The molecule has 1 amide bonds. The quantitative estimate of drug-likeness (QED) is 0.568. The number of carbonyl (C=O) groups is 1. The lowest BCUT2D eigenvalue weighted by Gasteiger charge is -2.50. The van der Waals surface area contributed by atoms with Crippen LogP contribution in [0.5, 0.6) is 5.75 Å². The van der Waals surface area contributed by atoms with Gasteiger partial charge in [0.1, 0.15) is 11.6 Å². The zero-order valence-corrected chi connectivity index (χ0v) is 19.0. The van der Waals surface area contributed by atoms with Crippen LogP contribution in [0.25, 0.3) is 11.4 Å². The number of aromatic nitrogens is 3. The average Bonchev–Trinajstić information content (AvgIpc) is 2.88. The molecule has 4 heterocycles. The van der Waals surface area contributed by atoms with Gasteiger partial charge in [0, 0.05) is 36.7 Å². The topological polar surface area (TPSA) is 80.2 Å². The van der Waals surface area contributed by atoms with Gasteiger partial charge in [-0.25, -0.2) is 15.0 Å². The van der Waals surface area contributed by atoms with Crippen LogP contribution in [-0.4, -0.2) is 51.5 Å². The van der Waals surface area contributed by atoms with Crippen molar-refractivity contribution in [3.63, 3.8) is 0 Å². The Bertz CT molecular complexity index is 1200. The number of nitrogens with one attached hydrogen (secondary N) is 1. The summed E-state index contributed by atoms with van der Waals surface area (Å²) in [7, 11) is 1.52. The number of carbonyl (C=O) groups excluding carboxylic acids is 1. The predicted molar refractivity (Wildman–Crippen MR) is 123 cm³/mol. The molecule has 3 atom stereocenters. The summed E-state index contributed by atoms with van der Waals surface area (Å²) >= 11 is 0. The molecule has 2 aliphatic heterocycles. The molecule has 3 aromatic rings. The molecule has 6 rings (SSSR count). The number of methoxy groups -OCH3 is 1. The fourth-order valence-corrected chi connectivity index (χ4v) is 5.11. The highest BCUT2D eigenvalue weighted by atomic mass is 19.4. The van der Waals surface area contributed by atoms with E-state index in [1.165, 1.54) is 13.2 Å². The molecule has 0 unspecified atom stereocenters. The Hall–Kier alpha value is -3.69. The van der Waals surface area contributed by atoms with Gasteiger partial charge in [-0.2, -0.15) is 13.2 Å². The molecule has 2 aromatic heterocycles. The molecule has 3 fully saturated rings. The molecule has 1 saturated carbocycles. The minimum absolute atomic E-state index is 0.123. The van der Waals surface area contributed by atoms with Gasteiger partial charge < -0.3 is 15.0 Å². The number of fused-ring (bicyclic) bond motifs is 3. The summed E-state index contributed by atoms with van der Waals surface area (Å²) in [5, 5.41) is 3.27. The maximum atomic E-state index is 13.9. The van der Waals surface area contributed by atoms with Crippen LogP contribution in [0.1, 0.15) is 35.2 Å². The second-order valence-corrected chi connectivity index (χ2v) is 8.84. The van der Waals surface area contributed by atoms with Crippen LogP contribution in [0, 0.1) is 5.92 Å². The molecule has 2 bridgehead atoms. The monoisotopic (exact) mass is 483 g/mol. The molecule has 1 aromatic carbocycles. The number of hydrogen-bond donors (Lipinski definition) is 1. The van der Waals surface area contributed by atoms with E-state index in [1.54, 1.807) is 36.7 Å². The van der Waals surface area contributed by atoms with E-state index in [9.17, 15) is 18.0 Å². The SMILES string of the molecule is COc1cccc(-c2ncccn2)c1C(=O)N1C[C@@H]2CC[C@H]1[C@H](Nc1ccc(C(F)(F)F)cn1)C2. The van der Waals surface area contributed by atoms with E-state index in [0.717, 1.165) is 31.5 Å². The zero-order chi connectivity index (χ0) is 24.6. The highest BCUT2D eigenvalue weighted by molar-refractivity contribution is 6.03. The van der Waals surface area contributed by atoms with Gasteiger partial charge in [-0.15, -0.1) is 0 Å². The van der Waals surface area contributed by atoms with Gasteiger partial charge in [0.15, 0.2) is 5.82 Å². The minimum Gasteiger partial charge on any atom is -0.496 e. The summed E-state index contributed by atoms with van der Waals surface area (Å²) in [5.74, 6) is 1.34. The Morgan fingerprint density at radius 1 is 1.09 bits per heavy atom. The van der Waals surface area contributed by atoms with Crippen molar-refractivity contribution < 1.29 is 22.7 Å². The largest absolute Gasteiger partial charge is 0.496 e. The second kappa shape index (κ2) is 9.16. The van der Waals surface area contributed by atoms with E-state index in [4.69, 9.17) is 4.74 Å². The first-order valence-electron chi connectivity index (χ1n) is 11.4. The van der Waals surface area contributed by atoms with Crippen LogP contribution in [-0.2, 0) is 6.18 Å². The number of piperidine rings is 2. The minimum atomic E-state index is -4.44. The smallest absolute Gasteiger partial charge is 0.417 e. The predicted octanol–water partition coefficient (Wildman–Crippen LogP) is 4.67. The van der Waals surface area contributed by atoms with Crippen molar-refractivity contribution >= 4 is 11.7 Å². The summed E-state index contributed by atoms with van der Waals surface area (Å²) in [6.45, 7) is 0.606. The lowest BCUT2D eigenvalue weighted by Crippen LogP contribution is -2.59. The Morgan fingerprint density at radius 2 is 1.89 bits per heavy atom. The highest BCUT2D eigenvalue weighted by Gasteiger charge is 2.44. The molecule has 10 heteroatoms. The van der Waals surface area contributed by atoms with E-state index in [1.807, 2.05) is 4.90 Å². The maximum Gasteiger partial charge on any atom is 0.417 e. The summed E-state index contributed by atoms with van der Waals surface area (Å²) in [6.07, 6.45) is 2.24. The summed E-state index contributed by atoms with van der Waals surface area (Å²) in [4.78, 5) is 28.4. The Labute approximate surface area is 200 Å². The van der Waals surface area contributed by atoms with Crippen LogP contribution in [0.15, 0.2) is 55.0 Å². The number of nitrogens with zero attached hydrogens (tertiary/aromatic N) is 4. The standard InChI is InChI=1S/C25H24F3N5O2/c1-35-20-5-2-4-17(23-29-10-3-11-30-23)22(20)24(34)33-14-15-6-8-19(33)18(12-15)32-21-9-7-16(13-31-21)25(26,27)28/h2-5,7,9-11,13,15,18-19H,6,8,12,14H2,1H3,(H,31,32)/t15-,18-,19+/m1/s1. The fourth-order valence-electron chi connectivity index (χ4n) is 5.11. The van der Waals surface area contributed by atoms with E-state index < -0.39 is 11.7 Å². The molecule has 0 spiro atoms. The fraction of sp³-hybridized carbons (Fsp3) is 0.360. The number of benzene rings is 1. The van der Waals surface area contributed by atoms with Crippen molar-refractivity contribution in [2.75, 3.05) is 19.0 Å². The first kappa shape index (κ1) is 23.1. The van der Waals surface area contributed by atoms with Crippen molar-refractivity contribution in [3.05, 3.63) is 66.1 Å². The Balaban J connectivity index is 1.43. The normalized spacial score (nSPS) is 21.6. The number of amides is 1. The van der Waals surface area contributed by atoms with Crippen molar-refractivity contribution in [1.29, 1.82) is 0 Å². The number of rotatable bonds is 5. The van der Waals surface area contributed by atoms with Crippen molar-refractivity contribution in [2.45, 2.75) is 37.5 Å². The number of hydrogen-bond acceptors (Lipinski definition) is 6. The average molecular weight is 483 g/mol. The van der Waals surface area contributed by atoms with Crippen molar-refractivity contribution in [1.82, 2.24) is 19.9 Å². The van der Waals surface area contributed by atoms with Crippen molar-refractivity contribution in [3.8, 4) is 17.1 Å². The van der Waals surface area contributed by atoms with E-state index in [0.29, 0.717) is 35.1 Å². The Kier molecular flexibility index (Phi) is 6.04. The van der Waals surface area contributed by atoms with Gasteiger partial charge in [-0.1, -0.05) is 12.1 Å². The van der Waals surface area contributed by atoms with Gasteiger partial charge in [0.2, 0.25) is 0 Å². The zero-order valence-electron chi connectivity index (χ0n) is 19.0.